The maximum atomic E-state index is 11.9. The first-order chi connectivity index (χ1) is 6.11. The fourth-order valence-corrected chi connectivity index (χ4v) is 3.03. The molecule has 3 atom stereocenters. The van der Waals surface area contributed by atoms with Gasteiger partial charge in [-0.2, -0.15) is 0 Å². The van der Waals surface area contributed by atoms with Gasteiger partial charge >= 0.3 is 0 Å². The molecule has 0 aliphatic heterocycles. The van der Waals surface area contributed by atoms with E-state index in [1.807, 2.05) is 13.8 Å². The Hall–Kier alpha value is -0.660. The Labute approximate surface area is 78.7 Å². The van der Waals surface area contributed by atoms with Crippen molar-refractivity contribution in [1.29, 1.82) is 0 Å². The van der Waals surface area contributed by atoms with Crippen molar-refractivity contribution in [1.82, 2.24) is 0 Å². The van der Waals surface area contributed by atoms with Crippen LogP contribution in [0.2, 0.25) is 0 Å². The van der Waals surface area contributed by atoms with E-state index in [1.54, 1.807) is 0 Å². The number of carbonyl (C=O) groups excluding carboxylic acids is 2. The average Bonchev–Trinajstić information content (AvgIpc) is 2.23. The van der Waals surface area contributed by atoms with E-state index < -0.39 is 5.41 Å². The number of carbonyl (C=O) groups is 2. The smallest absolute Gasteiger partial charge is 0.149 e. The molecule has 2 heteroatoms. The molecule has 2 aliphatic rings. The molecule has 0 amide bonds. The van der Waals surface area contributed by atoms with Gasteiger partial charge in [0.25, 0.3) is 0 Å². The SMILES string of the molecule is CCC1C(=O)C2(C)CCCC1C2=O. The molecule has 13 heavy (non-hydrogen) atoms. The largest absolute Gasteiger partial charge is 0.298 e. The Morgan fingerprint density at radius 3 is 2.62 bits per heavy atom. The summed E-state index contributed by atoms with van der Waals surface area (Å²) in [5, 5.41) is 0. The molecule has 2 fully saturated rings. The van der Waals surface area contributed by atoms with Crippen LogP contribution < -0.4 is 0 Å². The van der Waals surface area contributed by atoms with Crippen molar-refractivity contribution in [2.24, 2.45) is 17.3 Å². The molecule has 3 unspecified atom stereocenters. The van der Waals surface area contributed by atoms with Crippen LogP contribution in [0.3, 0.4) is 0 Å². The predicted octanol–water partition coefficient (Wildman–Crippen LogP) is 1.97. The monoisotopic (exact) mass is 180 g/mol. The van der Waals surface area contributed by atoms with Crippen LogP contribution in [0, 0.1) is 17.3 Å². The highest BCUT2D eigenvalue weighted by Crippen LogP contribution is 2.49. The van der Waals surface area contributed by atoms with Crippen LogP contribution in [-0.2, 0) is 9.59 Å². The van der Waals surface area contributed by atoms with Crippen LogP contribution >= 0.6 is 0 Å². The lowest BCUT2D eigenvalue weighted by atomic mass is 9.76. The molecule has 2 aliphatic carbocycles. The summed E-state index contributed by atoms with van der Waals surface area (Å²) in [6, 6.07) is 0. The molecular weight excluding hydrogens is 164 g/mol. The molecule has 0 saturated heterocycles. The zero-order valence-corrected chi connectivity index (χ0v) is 8.30. The molecule has 2 saturated carbocycles. The summed E-state index contributed by atoms with van der Waals surface area (Å²) < 4.78 is 0. The highest BCUT2D eigenvalue weighted by atomic mass is 16.2. The van der Waals surface area contributed by atoms with Crippen molar-refractivity contribution in [2.45, 2.75) is 39.5 Å². The Kier molecular flexibility index (Phi) is 1.83. The topological polar surface area (TPSA) is 34.1 Å². The van der Waals surface area contributed by atoms with Crippen LogP contribution in [0.25, 0.3) is 0 Å². The van der Waals surface area contributed by atoms with E-state index in [2.05, 4.69) is 0 Å². The van der Waals surface area contributed by atoms with Crippen molar-refractivity contribution in [3.05, 3.63) is 0 Å². The summed E-state index contributed by atoms with van der Waals surface area (Å²) in [7, 11) is 0. The third-order valence-corrected chi connectivity index (χ3v) is 3.88. The van der Waals surface area contributed by atoms with Gasteiger partial charge < -0.3 is 0 Å². The third-order valence-electron chi connectivity index (χ3n) is 3.88. The van der Waals surface area contributed by atoms with Gasteiger partial charge in [0, 0.05) is 11.8 Å². The molecule has 0 aromatic rings. The van der Waals surface area contributed by atoms with Gasteiger partial charge in [-0.1, -0.05) is 13.3 Å². The Balaban J connectivity index is 2.41. The van der Waals surface area contributed by atoms with E-state index in [9.17, 15) is 9.59 Å². The van der Waals surface area contributed by atoms with Gasteiger partial charge in [0.2, 0.25) is 0 Å². The summed E-state index contributed by atoms with van der Waals surface area (Å²) in [5.41, 5.74) is -0.594. The van der Waals surface area contributed by atoms with Crippen LogP contribution in [0.15, 0.2) is 0 Å². The average molecular weight is 180 g/mol. The van der Waals surface area contributed by atoms with Gasteiger partial charge in [0.05, 0.1) is 5.41 Å². The van der Waals surface area contributed by atoms with E-state index in [0.717, 1.165) is 25.7 Å². The van der Waals surface area contributed by atoms with Gasteiger partial charge in [-0.25, -0.2) is 0 Å². The summed E-state index contributed by atoms with van der Waals surface area (Å²) in [4.78, 5) is 23.8. The van der Waals surface area contributed by atoms with Gasteiger partial charge in [0.1, 0.15) is 11.6 Å². The van der Waals surface area contributed by atoms with E-state index in [1.165, 1.54) is 0 Å². The van der Waals surface area contributed by atoms with Gasteiger partial charge in [0.15, 0.2) is 0 Å². The summed E-state index contributed by atoms with van der Waals surface area (Å²) in [6.07, 6.45) is 3.62. The molecule has 0 N–H and O–H groups in total. The van der Waals surface area contributed by atoms with Gasteiger partial charge in [-0.15, -0.1) is 0 Å². The molecule has 0 spiro atoms. The van der Waals surface area contributed by atoms with Crippen LogP contribution in [-0.4, -0.2) is 11.6 Å². The number of rotatable bonds is 1. The quantitative estimate of drug-likeness (QED) is 0.578. The molecule has 0 heterocycles. The summed E-state index contributed by atoms with van der Waals surface area (Å²) in [6.45, 7) is 3.86. The minimum absolute atomic E-state index is 0.0417. The van der Waals surface area contributed by atoms with Crippen molar-refractivity contribution < 1.29 is 9.59 Å². The number of hydrogen-bond donors (Lipinski definition) is 0. The molecule has 0 aromatic carbocycles. The third kappa shape index (κ3) is 0.946. The highest BCUT2D eigenvalue weighted by Gasteiger charge is 2.57. The summed E-state index contributed by atoms with van der Waals surface area (Å²) >= 11 is 0. The second-order valence-electron chi connectivity index (χ2n) is 4.57. The molecule has 2 bridgehead atoms. The molecule has 2 rings (SSSR count). The van der Waals surface area contributed by atoms with Crippen LogP contribution in [0.5, 0.6) is 0 Å². The second-order valence-corrected chi connectivity index (χ2v) is 4.57. The van der Waals surface area contributed by atoms with E-state index in [4.69, 9.17) is 0 Å². The normalized spacial score (nSPS) is 44.2. The number of Topliss-reactive ketones (excluding diaryl/α,β-unsaturated/α-hetero) is 2. The van der Waals surface area contributed by atoms with Crippen LogP contribution in [0.1, 0.15) is 39.5 Å². The van der Waals surface area contributed by atoms with E-state index >= 15 is 0 Å². The minimum atomic E-state index is -0.594. The fourth-order valence-electron chi connectivity index (χ4n) is 3.03. The molecule has 72 valence electrons. The first kappa shape index (κ1) is 8.92. The van der Waals surface area contributed by atoms with Gasteiger partial charge in [-0.05, 0) is 26.2 Å². The lowest BCUT2D eigenvalue weighted by Crippen LogP contribution is -2.33. The lowest BCUT2D eigenvalue weighted by Gasteiger charge is -2.25. The first-order valence-corrected chi connectivity index (χ1v) is 5.20. The van der Waals surface area contributed by atoms with E-state index in [-0.39, 0.29) is 23.4 Å². The number of hydrogen-bond acceptors (Lipinski definition) is 2. The molecule has 0 radical (unpaired) electrons. The fraction of sp³-hybridized carbons (Fsp3) is 0.818. The Morgan fingerprint density at radius 1 is 1.38 bits per heavy atom. The Morgan fingerprint density at radius 2 is 2.08 bits per heavy atom. The summed E-state index contributed by atoms with van der Waals surface area (Å²) in [5.74, 6) is 0.564. The first-order valence-electron chi connectivity index (χ1n) is 5.20. The Bertz CT molecular complexity index is 269. The van der Waals surface area contributed by atoms with Crippen molar-refractivity contribution in [2.75, 3.05) is 0 Å². The zero-order chi connectivity index (χ0) is 9.64. The number of ketones is 2. The zero-order valence-electron chi connectivity index (χ0n) is 8.30. The number of fused-ring (bicyclic) bond motifs is 2. The minimum Gasteiger partial charge on any atom is -0.298 e. The molecule has 0 aromatic heterocycles. The standard InChI is InChI=1S/C11H16O2/c1-3-7-8-5-4-6-11(2,9(7)12)10(8)13/h7-8H,3-6H2,1-2H3. The predicted molar refractivity (Wildman–Crippen MR) is 49.2 cm³/mol. The van der Waals surface area contributed by atoms with Crippen LogP contribution in [0.4, 0.5) is 0 Å². The van der Waals surface area contributed by atoms with E-state index in [0.29, 0.717) is 0 Å². The highest BCUT2D eigenvalue weighted by molar-refractivity contribution is 6.15. The molecular formula is C11H16O2. The van der Waals surface area contributed by atoms with Crippen molar-refractivity contribution in [3.8, 4) is 0 Å². The maximum Gasteiger partial charge on any atom is 0.149 e. The van der Waals surface area contributed by atoms with Crippen molar-refractivity contribution in [3.63, 3.8) is 0 Å². The van der Waals surface area contributed by atoms with Gasteiger partial charge in [-0.3, -0.25) is 9.59 Å². The lowest BCUT2D eigenvalue weighted by molar-refractivity contribution is -0.136. The molecule has 2 nitrogen and oxygen atoms in total. The van der Waals surface area contributed by atoms with Crippen molar-refractivity contribution >= 4 is 11.6 Å². The second kappa shape index (κ2) is 2.66. The maximum absolute atomic E-state index is 11.9.